The fourth-order valence-corrected chi connectivity index (χ4v) is 2.49. The normalized spacial score (nSPS) is 10.6. The van der Waals surface area contributed by atoms with Crippen LogP contribution in [-0.4, -0.2) is 13.2 Å². The van der Waals surface area contributed by atoms with Crippen LogP contribution in [0.15, 0.2) is 66.7 Å². The molecule has 3 aromatic carbocycles. The minimum atomic E-state index is 0.455. The second kappa shape index (κ2) is 6.96. The van der Waals surface area contributed by atoms with Crippen LogP contribution in [0.3, 0.4) is 0 Å². The van der Waals surface area contributed by atoms with Crippen LogP contribution in [0.25, 0.3) is 10.8 Å². The molecule has 0 spiro atoms. The van der Waals surface area contributed by atoms with Crippen molar-refractivity contribution in [2.75, 3.05) is 13.2 Å². The molecule has 0 aliphatic rings. The second-order valence-corrected chi connectivity index (χ2v) is 4.98. The lowest BCUT2D eigenvalue weighted by Crippen LogP contribution is -2.11. The molecule has 0 bridgehead atoms. The van der Waals surface area contributed by atoms with Gasteiger partial charge in [0, 0.05) is 12.1 Å². The third-order valence-corrected chi connectivity index (χ3v) is 3.55. The second-order valence-electron chi connectivity index (χ2n) is 4.98. The van der Waals surface area contributed by atoms with Crippen molar-refractivity contribution in [1.29, 1.82) is 0 Å². The van der Waals surface area contributed by atoms with Gasteiger partial charge in [-0.3, -0.25) is 0 Å². The fourth-order valence-electron chi connectivity index (χ4n) is 2.49. The third-order valence-electron chi connectivity index (χ3n) is 3.55. The van der Waals surface area contributed by atoms with Gasteiger partial charge < -0.3 is 15.2 Å². The Balaban J connectivity index is 1.66. The van der Waals surface area contributed by atoms with Gasteiger partial charge in [-0.25, -0.2) is 0 Å². The van der Waals surface area contributed by atoms with E-state index in [2.05, 4.69) is 18.2 Å². The molecule has 3 heteroatoms. The van der Waals surface area contributed by atoms with E-state index in [0.717, 1.165) is 22.4 Å². The Bertz CT molecular complexity index is 741. The molecule has 0 atom stereocenters. The number of hydrogen-bond donors (Lipinski definition) is 1. The summed E-state index contributed by atoms with van der Waals surface area (Å²) in [5.74, 6) is 1.68. The van der Waals surface area contributed by atoms with E-state index >= 15 is 0 Å². The highest BCUT2D eigenvalue weighted by Gasteiger charge is 2.07. The predicted molar refractivity (Wildman–Crippen MR) is 89.3 cm³/mol. The molecule has 0 saturated carbocycles. The highest BCUT2D eigenvalue weighted by atomic mass is 16.5. The summed E-state index contributed by atoms with van der Waals surface area (Å²) in [5, 5.41) is 2.32. The van der Waals surface area contributed by atoms with Crippen molar-refractivity contribution in [3.63, 3.8) is 0 Å². The van der Waals surface area contributed by atoms with Crippen LogP contribution in [0.4, 0.5) is 0 Å². The maximum atomic E-state index is 5.90. The molecule has 3 aromatic rings. The number of hydrogen-bond acceptors (Lipinski definition) is 3. The lowest BCUT2D eigenvalue weighted by atomic mass is 10.0. The summed E-state index contributed by atoms with van der Waals surface area (Å²) < 4.78 is 11.5. The van der Waals surface area contributed by atoms with Crippen molar-refractivity contribution in [3.05, 3.63) is 72.3 Å². The number of fused-ring (bicyclic) bond motifs is 1. The van der Waals surface area contributed by atoms with Gasteiger partial charge in [0.05, 0.1) is 0 Å². The number of para-hydroxylation sites is 1. The highest BCUT2D eigenvalue weighted by Crippen LogP contribution is 2.27. The Hall–Kier alpha value is -2.52. The van der Waals surface area contributed by atoms with E-state index in [1.807, 2.05) is 48.5 Å². The smallest absolute Gasteiger partial charge is 0.124 e. The molecule has 0 heterocycles. The van der Waals surface area contributed by atoms with Gasteiger partial charge in [-0.1, -0.05) is 48.5 Å². The van der Waals surface area contributed by atoms with Crippen LogP contribution in [0, 0.1) is 0 Å². The summed E-state index contributed by atoms with van der Waals surface area (Å²) in [4.78, 5) is 0. The van der Waals surface area contributed by atoms with Crippen LogP contribution in [0.1, 0.15) is 5.56 Å². The molecule has 22 heavy (non-hydrogen) atoms. The van der Waals surface area contributed by atoms with E-state index < -0.39 is 0 Å². The number of ether oxygens (including phenoxy) is 2. The first-order valence-corrected chi connectivity index (χ1v) is 7.40. The summed E-state index contributed by atoms with van der Waals surface area (Å²) in [7, 11) is 0. The molecular formula is C19H19NO2. The first-order chi connectivity index (χ1) is 10.9. The molecule has 0 fully saturated rings. The summed E-state index contributed by atoms with van der Waals surface area (Å²) in [6.45, 7) is 1.44. The standard InChI is InChI=1S/C19H19NO2/c20-14-18-17-9-5-4-6-15(17)10-11-19(18)22-13-12-21-16-7-2-1-3-8-16/h1-11H,12-14,20H2. The van der Waals surface area contributed by atoms with Crippen LogP contribution >= 0.6 is 0 Å². The Labute approximate surface area is 130 Å². The maximum absolute atomic E-state index is 5.90. The topological polar surface area (TPSA) is 44.5 Å². The van der Waals surface area contributed by atoms with Crippen molar-refractivity contribution < 1.29 is 9.47 Å². The van der Waals surface area contributed by atoms with Crippen molar-refractivity contribution in [2.45, 2.75) is 6.54 Å². The molecule has 3 rings (SSSR count). The fraction of sp³-hybridized carbons (Fsp3) is 0.158. The number of rotatable bonds is 6. The van der Waals surface area contributed by atoms with Crippen LogP contribution in [0.5, 0.6) is 11.5 Å². The van der Waals surface area contributed by atoms with E-state index in [1.54, 1.807) is 0 Å². The van der Waals surface area contributed by atoms with Crippen molar-refractivity contribution in [2.24, 2.45) is 5.73 Å². The predicted octanol–water partition coefficient (Wildman–Crippen LogP) is 3.76. The zero-order chi connectivity index (χ0) is 15.2. The Morgan fingerprint density at radius 2 is 1.45 bits per heavy atom. The summed E-state index contributed by atoms with van der Waals surface area (Å²) in [6.07, 6.45) is 0. The highest BCUT2D eigenvalue weighted by molar-refractivity contribution is 5.87. The monoisotopic (exact) mass is 293 g/mol. The van der Waals surface area contributed by atoms with Crippen LogP contribution < -0.4 is 15.2 Å². The van der Waals surface area contributed by atoms with Gasteiger partial charge >= 0.3 is 0 Å². The van der Waals surface area contributed by atoms with Gasteiger partial charge in [-0.15, -0.1) is 0 Å². The summed E-state index contributed by atoms with van der Waals surface area (Å²) in [6, 6.07) is 22.0. The molecule has 112 valence electrons. The van der Waals surface area contributed by atoms with E-state index in [1.165, 1.54) is 5.39 Å². The molecule has 2 N–H and O–H groups in total. The summed E-state index contributed by atoms with van der Waals surface area (Å²) >= 11 is 0. The SMILES string of the molecule is NCc1c(OCCOc2ccccc2)ccc2ccccc12. The molecule has 0 amide bonds. The van der Waals surface area contributed by atoms with Crippen molar-refractivity contribution >= 4 is 10.8 Å². The average molecular weight is 293 g/mol. The Morgan fingerprint density at radius 1 is 0.727 bits per heavy atom. The number of benzene rings is 3. The third kappa shape index (κ3) is 3.21. The van der Waals surface area contributed by atoms with E-state index in [9.17, 15) is 0 Å². The van der Waals surface area contributed by atoms with E-state index in [-0.39, 0.29) is 0 Å². The summed E-state index contributed by atoms with van der Waals surface area (Å²) in [5.41, 5.74) is 6.94. The van der Waals surface area contributed by atoms with Crippen LogP contribution in [-0.2, 0) is 6.54 Å². The van der Waals surface area contributed by atoms with E-state index in [0.29, 0.717) is 19.8 Å². The van der Waals surface area contributed by atoms with Gasteiger partial charge in [0.15, 0.2) is 0 Å². The molecule has 0 aromatic heterocycles. The minimum Gasteiger partial charge on any atom is -0.490 e. The lowest BCUT2D eigenvalue weighted by Gasteiger charge is -2.13. The van der Waals surface area contributed by atoms with Gasteiger partial charge in [0.25, 0.3) is 0 Å². The van der Waals surface area contributed by atoms with E-state index in [4.69, 9.17) is 15.2 Å². The molecular weight excluding hydrogens is 274 g/mol. The Kier molecular flexibility index (Phi) is 4.56. The molecule has 0 saturated heterocycles. The Morgan fingerprint density at radius 3 is 2.27 bits per heavy atom. The van der Waals surface area contributed by atoms with Crippen molar-refractivity contribution in [3.8, 4) is 11.5 Å². The van der Waals surface area contributed by atoms with Gasteiger partial charge in [0.2, 0.25) is 0 Å². The first kappa shape index (κ1) is 14.4. The average Bonchev–Trinajstić information content (AvgIpc) is 2.59. The molecule has 0 unspecified atom stereocenters. The molecule has 0 radical (unpaired) electrons. The molecule has 0 aliphatic heterocycles. The largest absolute Gasteiger partial charge is 0.490 e. The number of nitrogens with two attached hydrogens (primary N) is 1. The minimum absolute atomic E-state index is 0.455. The van der Waals surface area contributed by atoms with Crippen molar-refractivity contribution in [1.82, 2.24) is 0 Å². The van der Waals surface area contributed by atoms with Gasteiger partial charge in [0.1, 0.15) is 24.7 Å². The molecule has 3 nitrogen and oxygen atoms in total. The lowest BCUT2D eigenvalue weighted by molar-refractivity contribution is 0.216. The molecule has 0 aliphatic carbocycles. The zero-order valence-electron chi connectivity index (χ0n) is 12.4. The first-order valence-electron chi connectivity index (χ1n) is 7.40. The zero-order valence-corrected chi connectivity index (χ0v) is 12.4. The van der Waals surface area contributed by atoms with Crippen LogP contribution in [0.2, 0.25) is 0 Å². The van der Waals surface area contributed by atoms with Gasteiger partial charge in [-0.05, 0) is 29.0 Å². The quantitative estimate of drug-likeness (QED) is 0.704. The van der Waals surface area contributed by atoms with Gasteiger partial charge in [-0.2, -0.15) is 0 Å². The maximum Gasteiger partial charge on any atom is 0.124 e.